The molecule has 0 saturated carbocycles. The van der Waals surface area contributed by atoms with E-state index in [9.17, 15) is 13.2 Å². The third kappa shape index (κ3) is 3.93. The van der Waals surface area contributed by atoms with Gasteiger partial charge in [0.2, 0.25) is 0 Å². The van der Waals surface area contributed by atoms with Gasteiger partial charge in [-0.2, -0.15) is 0 Å². The Kier molecular flexibility index (Phi) is 5.55. The van der Waals surface area contributed by atoms with E-state index in [1.165, 1.54) is 35.6 Å². The van der Waals surface area contributed by atoms with Crippen molar-refractivity contribution < 1.29 is 13.2 Å². The summed E-state index contributed by atoms with van der Waals surface area (Å²) in [5, 5.41) is 0.436. The molecule has 2 aromatic rings. The first-order chi connectivity index (χ1) is 11.9. The topological polar surface area (TPSA) is 75.3 Å². The Hall–Kier alpha value is -1.32. The second-order valence-electron chi connectivity index (χ2n) is 5.27. The number of carbonyl (C=O) groups excluding carboxylic acids is 1. The molecule has 132 valence electrons. The van der Waals surface area contributed by atoms with Crippen molar-refractivity contribution in [3.05, 3.63) is 51.4 Å². The molecule has 0 radical (unpaired) electrons. The molecule has 3 rings (SSSR count). The van der Waals surface area contributed by atoms with Crippen molar-refractivity contribution >= 4 is 56.7 Å². The molecule has 1 heterocycles. The minimum atomic E-state index is -3.86. The Morgan fingerprint density at radius 2 is 2.00 bits per heavy atom. The largest absolute Gasteiger partial charge is 0.276 e. The second kappa shape index (κ2) is 7.51. The molecular formula is C16H15ClN2O3S3. The maximum absolute atomic E-state index is 12.5. The summed E-state index contributed by atoms with van der Waals surface area (Å²) in [6.45, 7) is 0. The van der Waals surface area contributed by atoms with Crippen LogP contribution in [0.25, 0.3) is 6.08 Å². The molecule has 0 fully saturated rings. The smallest absolute Gasteiger partial charge is 0.273 e. The van der Waals surface area contributed by atoms with Crippen molar-refractivity contribution in [2.45, 2.75) is 21.9 Å². The van der Waals surface area contributed by atoms with Crippen molar-refractivity contribution in [3.8, 4) is 0 Å². The van der Waals surface area contributed by atoms with Crippen molar-refractivity contribution in [2.24, 2.45) is 0 Å². The van der Waals surface area contributed by atoms with Gasteiger partial charge in [-0.25, -0.2) is 8.42 Å². The Bertz CT molecular complexity index is 934. The van der Waals surface area contributed by atoms with Crippen LogP contribution in [0.1, 0.15) is 27.2 Å². The number of amides is 1. The van der Waals surface area contributed by atoms with Crippen LogP contribution < -0.4 is 10.3 Å². The average Bonchev–Trinajstić information content (AvgIpc) is 2.99. The zero-order chi connectivity index (χ0) is 18.0. The van der Waals surface area contributed by atoms with E-state index < -0.39 is 15.9 Å². The monoisotopic (exact) mass is 414 g/mol. The van der Waals surface area contributed by atoms with Gasteiger partial charge in [0.25, 0.3) is 15.9 Å². The van der Waals surface area contributed by atoms with Gasteiger partial charge in [-0.3, -0.25) is 10.2 Å². The van der Waals surface area contributed by atoms with E-state index >= 15 is 0 Å². The molecule has 1 aliphatic carbocycles. The molecule has 0 spiro atoms. The minimum absolute atomic E-state index is 0.0261. The van der Waals surface area contributed by atoms with E-state index in [0.717, 1.165) is 28.2 Å². The van der Waals surface area contributed by atoms with Crippen molar-refractivity contribution in [1.29, 1.82) is 0 Å². The number of fused-ring (bicyclic) bond motifs is 1. The first-order valence-corrected chi connectivity index (χ1v) is 11.3. The molecule has 5 nitrogen and oxygen atoms in total. The summed E-state index contributed by atoms with van der Waals surface area (Å²) in [7, 11) is -3.86. The van der Waals surface area contributed by atoms with Crippen LogP contribution in [-0.4, -0.2) is 20.6 Å². The molecule has 1 amide bonds. The Morgan fingerprint density at radius 3 is 2.68 bits per heavy atom. The molecular weight excluding hydrogens is 400 g/mol. The lowest BCUT2D eigenvalue weighted by Gasteiger charge is -2.10. The van der Waals surface area contributed by atoms with Crippen LogP contribution in [0.5, 0.6) is 0 Å². The van der Waals surface area contributed by atoms with Crippen LogP contribution in [0, 0.1) is 0 Å². The molecule has 0 atom stereocenters. The van der Waals surface area contributed by atoms with Crippen LogP contribution in [0.15, 0.2) is 39.4 Å². The van der Waals surface area contributed by atoms with Gasteiger partial charge < -0.3 is 0 Å². The van der Waals surface area contributed by atoms with Crippen LogP contribution in [0.4, 0.5) is 0 Å². The molecule has 1 aliphatic rings. The van der Waals surface area contributed by atoms with Gasteiger partial charge in [0.15, 0.2) is 0 Å². The molecule has 0 bridgehead atoms. The van der Waals surface area contributed by atoms with Crippen LogP contribution in [0.3, 0.4) is 0 Å². The number of sulfonamides is 1. The van der Waals surface area contributed by atoms with Gasteiger partial charge in [-0.1, -0.05) is 23.8 Å². The normalized spacial score (nSPS) is 13.5. The number of hydrogen-bond donors (Lipinski definition) is 2. The van der Waals surface area contributed by atoms with Crippen molar-refractivity contribution in [2.75, 3.05) is 6.26 Å². The molecule has 1 aromatic carbocycles. The molecule has 25 heavy (non-hydrogen) atoms. The summed E-state index contributed by atoms with van der Waals surface area (Å²) >= 11 is 8.72. The van der Waals surface area contributed by atoms with Crippen LogP contribution in [-0.2, 0) is 16.4 Å². The number of halogens is 1. The Morgan fingerprint density at radius 1 is 1.28 bits per heavy atom. The molecule has 0 unspecified atom stereocenters. The number of carbonyl (C=O) groups is 1. The minimum Gasteiger partial charge on any atom is -0.273 e. The summed E-state index contributed by atoms with van der Waals surface area (Å²) in [5.41, 5.74) is 4.34. The highest BCUT2D eigenvalue weighted by Crippen LogP contribution is 2.38. The maximum Gasteiger partial charge on any atom is 0.276 e. The third-order valence-corrected chi connectivity index (χ3v) is 7.57. The Balaban J connectivity index is 1.78. The van der Waals surface area contributed by atoms with E-state index in [-0.39, 0.29) is 4.90 Å². The lowest BCUT2D eigenvalue weighted by Crippen LogP contribution is -2.41. The molecule has 0 aliphatic heterocycles. The zero-order valence-electron chi connectivity index (χ0n) is 13.2. The first-order valence-electron chi connectivity index (χ1n) is 7.36. The lowest BCUT2D eigenvalue weighted by molar-refractivity contribution is 0.0948. The van der Waals surface area contributed by atoms with Gasteiger partial charge in [-0.15, -0.1) is 27.9 Å². The number of hydrazine groups is 1. The summed E-state index contributed by atoms with van der Waals surface area (Å²) in [6, 6.07) is 5.70. The predicted octanol–water partition coefficient (Wildman–Crippen LogP) is 3.71. The number of allylic oxidation sites excluding steroid dienone is 1. The van der Waals surface area contributed by atoms with Gasteiger partial charge >= 0.3 is 0 Å². The first kappa shape index (κ1) is 18.5. The van der Waals surface area contributed by atoms with Gasteiger partial charge in [0, 0.05) is 10.6 Å². The summed E-state index contributed by atoms with van der Waals surface area (Å²) in [5.74, 6) is -0.450. The number of rotatable bonds is 5. The fourth-order valence-electron chi connectivity index (χ4n) is 2.48. The average molecular weight is 415 g/mol. The quantitative estimate of drug-likeness (QED) is 0.577. The fraction of sp³-hybridized carbons (Fsp3) is 0.188. The standard InChI is InChI=1S/C16H15ClN2O3S3/c1-23-16-13-5-3-2-4-12(13)14(24-16)15(20)18-19-25(21,22)11-8-6-10(17)7-9-11/h3,5-9,19H,2,4H2,1H3,(H,18,20). The van der Waals surface area contributed by atoms with E-state index in [1.54, 1.807) is 11.8 Å². The molecule has 0 saturated heterocycles. The second-order valence-corrected chi connectivity index (χ2v) is 9.48. The summed E-state index contributed by atoms with van der Waals surface area (Å²) in [4.78, 5) is 15.2. The number of thiophene rings is 1. The lowest BCUT2D eigenvalue weighted by atomic mass is 10.00. The highest BCUT2D eigenvalue weighted by Gasteiger charge is 2.23. The zero-order valence-corrected chi connectivity index (χ0v) is 16.4. The number of thioether (sulfide) groups is 1. The Labute approximate surface area is 159 Å². The van der Waals surface area contributed by atoms with Gasteiger partial charge in [0.05, 0.1) is 14.0 Å². The van der Waals surface area contributed by atoms with E-state index in [2.05, 4.69) is 16.3 Å². The highest BCUT2D eigenvalue weighted by atomic mass is 35.5. The number of nitrogens with one attached hydrogen (secondary N) is 2. The maximum atomic E-state index is 12.5. The molecule has 2 N–H and O–H groups in total. The fourth-order valence-corrected chi connectivity index (χ4v) is 5.40. The predicted molar refractivity (Wildman–Crippen MR) is 103 cm³/mol. The molecule has 1 aromatic heterocycles. The SMILES string of the molecule is CSc1sc(C(=O)NNS(=O)(=O)c2ccc(Cl)cc2)c2c1C=CCC2. The van der Waals surface area contributed by atoms with Crippen molar-refractivity contribution in [1.82, 2.24) is 10.3 Å². The van der Waals surface area contributed by atoms with Gasteiger partial charge in [0.1, 0.15) is 0 Å². The van der Waals surface area contributed by atoms with Crippen LogP contribution in [0.2, 0.25) is 5.02 Å². The highest BCUT2D eigenvalue weighted by molar-refractivity contribution is 8.00. The van der Waals surface area contributed by atoms with E-state index in [4.69, 9.17) is 11.6 Å². The van der Waals surface area contributed by atoms with E-state index in [1.807, 2.05) is 12.3 Å². The summed E-state index contributed by atoms with van der Waals surface area (Å²) < 4.78 is 25.5. The molecule has 9 heteroatoms. The summed E-state index contributed by atoms with van der Waals surface area (Å²) in [6.07, 6.45) is 7.71. The third-order valence-electron chi connectivity index (χ3n) is 3.67. The van der Waals surface area contributed by atoms with Crippen molar-refractivity contribution in [3.63, 3.8) is 0 Å². The number of benzene rings is 1. The number of hydrogen-bond acceptors (Lipinski definition) is 5. The van der Waals surface area contributed by atoms with Gasteiger partial charge in [-0.05, 0) is 48.9 Å². The van der Waals surface area contributed by atoms with E-state index in [0.29, 0.717) is 9.90 Å². The van der Waals surface area contributed by atoms with Crippen LogP contribution >= 0.6 is 34.7 Å².